The first-order valence-electron chi connectivity index (χ1n) is 14.6. The number of nitrogens with one attached hydrogen (secondary N) is 4. The Morgan fingerprint density at radius 1 is 1.12 bits per heavy atom. The molecule has 1 saturated heterocycles. The average molecular weight is 622 g/mol. The maximum absolute atomic E-state index is 13.6. The summed E-state index contributed by atoms with van der Waals surface area (Å²) in [6, 6.07) is 5.04. The van der Waals surface area contributed by atoms with E-state index in [4.69, 9.17) is 9.47 Å². The van der Waals surface area contributed by atoms with E-state index in [1.807, 2.05) is 13.8 Å². The standard InChI is InChI=1S/C29H43N5O6S2/c1-18(2)40-28(36)32-20-10-8-19(9-11-20)26-31-16-24(41-26)23-13-12-21(15-25(23)42(37,38)34-29(3,4)5)33-27(35)39-17-22-7-6-14-30-22/h12-13,15-16,18-20,22,30,34H,6-11,14,17H2,1-5H3,(H,32,36)(H,33,35). The van der Waals surface area contributed by atoms with E-state index >= 15 is 0 Å². The molecule has 1 atom stereocenters. The summed E-state index contributed by atoms with van der Waals surface area (Å²) in [4.78, 5) is 29.9. The number of anilines is 1. The number of carbonyl (C=O) groups is 2. The fourth-order valence-corrected chi connectivity index (χ4v) is 8.07. The maximum atomic E-state index is 13.6. The van der Waals surface area contributed by atoms with E-state index in [9.17, 15) is 18.0 Å². The molecule has 2 aromatic rings. The molecule has 4 rings (SSSR count). The van der Waals surface area contributed by atoms with Crippen molar-refractivity contribution >= 4 is 39.2 Å². The molecular formula is C29H43N5O6S2. The molecule has 232 valence electrons. The zero-order valence-corrected chi connectivity index (χ0v) is 26.6. The third-order valence-corrected chi connectivity index (χ3v) is 10.1. The van der Waals surface area contributed by atoms with E-state index in [2.05, 4.69) is 25.7 Å². The van der Waals surface area contributed by atoms with Crippen LogP contribution in [0.4, 0.5) is 15.3 Å². The second-order valence-electron chi connectivity index (χ2n) is 12.3. The summed E-state index contributed by atoms with van der Waals surface area (Å²) in [6.07, 6.45) is 5.87. The molecule has 2 aliphatic rings. The summed E-state index contributed by atoms with van der Waals surface area (Å²) in [6.45, 7) is 10.1. The number of rotatable bonds is 9. The van der Waals surface area contributed by atoms with Crippen LogP contribution >= 0.6 is 11.3 Å². The van der Waals surface area contributed by atoms with E-state index in [0.717, 1.165) is 55.0 Å². The van der Waals surface area contributed by atoms with Crippen molar-refractivity contribution in [3.8, 4) is 10.4 Å². The molecule has 0 radical (unpaired) electrons. The van der Waals surface area contributed by atoms with Crippen molar-refractivity contribution in [3.05, 3.63) is 29.4 Å². The normalized spacial score (nSPS) is 21.2. The maximum Gasteiger partial charge on any atom is 0.411 e. The largest absolute Gasteiger partial charge is 0.448 e. The van der Waals surface area contributed by atoms with Crippen molar-refractivity contribution in [3.63, 3.8) is 0 Å². The lowest BCUT2D eigenvalue weighted by molar-refractivity contribution is 0.109. The van der Waals surface area contributed by atoms with E-state index in [1.54, 1.807) is 39.1 Å². The molecule has 1 aliphatic carbocycles. The molecule has 13 heteroatoms. The Hall–Kier alpha value is -2.74. The second kappa shape index (κ2) is 13.7. The number of carbonyl (C=O) groups excluding carboxylic acids is 2. The first-order valence-corrected chi connectivity index (χ1v) is 16.9. The van der Waals surface area contributed by atoms with Crippen LogP contribution in [0, 0.1) is 0 Å². The topological polar surface area (TPSA) is 148 Å². The van der Waals surface area contributed by atoms with Crippen LogP contribution in [0.25, 0.3) is 10.4 Å². The number of sulfonamides is 1. The highest BCUT2D eigenvalue weighted by molar-refractivity contribution is 7.89. The molecule has 2 amide bonds. The number of alkyl carbamates (subject to hydrolysis) is 1. The van der Waals surface area contributed by atoms with Crippen molar-refractivity contribution < 1.29 is 27.5 Å². The quantitative estimate of drug-likeness (QED) is 0.293. The van der Waals surface area contributed by atoms with Crippen LogP contribution in [0.2, 0.25) is 0 Å². The van der Waals surface area contributed by atoms with E-state index in [0.29, 0.717) is 11.3 Å². The minimum absolute atomic E-state index is 0.0551. The van der Waals surface area contributed by atoms with Crippen LogP contribution < -0.4 is 20.7 Å². The zero-order valence-electron chi connectivity index (χ0n) is 25.0. The number of benzene rings is 1. The van der Waals surface area contributed by atoms with Gasteiger partial charge in [0.1, 0.15) is 6.61 Å². The molecule has 1 unspecified atom stereocenters. The number of nitrogens with zero attached hydrogens (tertiary/aromatic N) is 1. The van der Waals surface area contributed by atoms with Crippen molar-refractivity contribution in [1.29, 1.82) is 0 Å². The molecular weight excluding hydrogens is 578 g/mol. The summed E-state index contributed by atoms with van der Waals surface area (Å²) in [5, 5.41) is 9.83. The van der Waals surface area contributed by atoms with Crippen molar-refractivity contribution in [2.24, 2.45) is 0 Å². The Kier molecular flexibility index (Phi) is 10.5. The van der Waals surface area contributed by atoms with Gasteiger partial charge in [0, 0.05) is 41.0 Å². The van der Waals surface area contributed by atoms with Crippen molar-refractivity contribution in [1.82, 2.24) is 20.3 Å². The number of thiazole rings is 1. The van der Waals surface area contributed by atoms with E-state index < -0.39 is 21.7 Å². The third-order valence-electron chi connectivity index (χ3n) is 7.07. The minimum Gasteiger partial charge on any atom is -0.448 e. The highest BCUT2D eigenvalue weighted by atomic mass is 32.2. The minimum atomic E-state index is -3.95. The van der Waals surface area contributed by atoms with Crippen LogP contribution in [0.15, 0.2) is 29.3 Å². The lowest BCUT2D eigenvalue weighted by Gasteiger charge is -2.28. The summed E-state index contributed by atoms with van der Waals surface area (Å²) < 4.78 is 40.4. The highest BCUT2D eigenvalue weighted by Gasteiger charge is 2.29. The average Bonchev–Trinajstić information content (AvgIpc) is 3.59. The molecule has 1 aliphatic heterocycles. The van der Waals surface area contributed by atoms with Crippen molar-refractivity contribution in [2.45, 2.75) is 108 Å². The van der Waals surface area contributed by atoms with Crippen LogP contribution in [-0.2, 0) is 19.5 Å². The predicted octanol–water partition coefficient (Wildman–Crippen LogP) is 5.35. The van der Waals surface area contributed by atoms with Gasteiger partial charge in [-0.2, -0.15) is 0 Å². The fourth-order valence-electron chi connectivity index (χ4n) is 5.21. The monoisotopic (exact) mass is 621 g/mol. The first kappa shape index (κ1) is 32.2. The molecule has 1 saturated carbocycles. The van der Waals surface area contributed by atoms with Crippen molar-refractivity contribution in [2.75, 3.05) is 18.5 Å². The molecule has 1 aromatic heterocycles. The van der Waals surface area contributed by atoms with Gasteiger partial charge in [-0.15, -0.1) is 11.3 Å². The van der Waals surface area contributed by atoms with Gasteiger partial charge in [-0.3, -0.25) is 5.32 Å². The van der Waals surface area contributed by atoms with Gasteiger partial charge in [-0.05, 0) is 91.8 Å². The summed E-state index contributed by atoms with van der Waals surface area (Å²) >= 11 is 1.47. The lowest BCUT2D eigenvalue weighted by atomic mass is 9.86. The Balaban J connectivity index is 1.49. The van der Waals surface area contributed by atoms with Crippen LogP contribution in [0.3, 0.4) is 0 Å². The summed E-state index contributed by atoms with van der Waals surface area (Å²) in [5.74, 6) is 0.223. The molecule has 4 N–H and O–H groups in total. The SMILES string of the molecule is CC(C)OC(=O)NC1CCC(c2ncc(-c3ccc(NC(=O)OCC4CCCN4)cc3S(=O)(=O)NC(C)(C)C)s2)CC1. The van der Waals surface area contributed by atoms with Crippen LogP contribution in [-0.4, -0.2) is 62.5 Å². The fraction of sp³-hybridized carbons (Fsp3) is 0.621. The Morgan fingerprint density at radius 3 is 2.50 bits per heavy atom. The predicted molar refractivity (Wildman–Crippen MR) is 163 cm³/mol. The van der Waals surface area contributed by atoms with Crippen LogP contribution in [0.5, 0.6) is 0 Å². The second-order valence-corrected chi connectivity index (χ2v) is 15.0. The van der Waals surface area contributed by atoms with Gasteiger partial charge in [-0.1, -0.05) is 6.07 Å². The van der Waals surface area contributed by atoms with Gasteiger partial charge in [-0.25, -0.2) is 27.7 Å². The van der Waals surface area contributed by atoms with Gasteiger partial charge >= 0.3 is 12.2 Å². The number of hydrogen-bond acceptors (Lipinski definition) is 9. The smallest absolute Gasteiger partial charge is 0.411 e. The Bertz CT molecular complexity index is 1340. The van der Waals surface area contributed by atoms with Crippen LogP contribution in [0.1, 0.15) is 84.1 Å². The Labute approximate surface area is 252 Å². The van der Waals surface area contributed by atoms with Gasteiger partial charge < -0.3 is 20.1 Å². The molecule has 2 fully saturated rings. The number of hydrogen-bond donors (Lipinski definition) is 4. The third kappa shape index (κ3) is 9.13. The molecule has 42 heavy (non-hydrogen) atoms. The van der Waals surface area contributed by atoms with Gasteiger partial charge in [0.15, 0.2) is 0 Å². The number of aromatic nitrogens is 1. The summed E-state index contributed by atoms with van der Waals surface area (Å²) in [7, 11) is -3.95. The summed E-state index contributed by atoms with van der Waals surface area (Å²) in [5.41, 5.74) is 0.125. The van der Waals surface area contributed by atoms with E-state index in [1.165, 1.54) is 17.4 Å². The highest BCUT2D eigenvalue weighted by Crippen LogP contribution is 2.40. The number of amides is 2. The van der Waals surface area contributed by atoms with Gasteiger partial charge in [0.2, 0.25) is 10.0 Å². The van der Waals surface area contributed by atoms with Gasteiger partial charge in [0.25, 0.3) is 0 Å². The van der Waals surface area contributed by atoms with E-state index in [-0.39, 0.29) is 41.7 Å². The zero-order chi connectivity index (χ0) is 30.5. The number of ether oxygens (including phenoxy) is 2. The molecule has 11 nitrogen and oxygen atoms in total. The Morgan fingerprint density at radius 2 is 1.86 bits per heavy atom. The first-order chi connectivity index (χ1) is 19.8. The van der Waals surface area contributed by atoms with Gasteiger partial charge in [0.05, 0.1) is 20.9 Å². The molecule has 0 bridgehead atoms. The molecule has 0 spiro atoms. The molecule has 2 heterocycles. The molecule has 1 aromatic carbocycles. The lowest BCUT2D eigenvalue weighted by Crippen LogP contribution is -2.40.